The minimum Gasteiger partial charge on any atom is -0.493 e. The van der Waals surface area contributed by atoms with Crippen LogP contribution in [0.1, 0.15) is 37.9 Å². The Kier molecular flexibility index (Phi) is 7.34. The fourth-order valence-electron chi connectivity index (χ4n) is 3.78. The number of fused-ring (bicyclic) bond motifs is 1. The average Bonchev–Trinajstić information content (AvgIpc) is 3.21. The molecular formula is C25H28N4O3S. The van der Waals surface area contributed by atoms with Crippen LogP contribution in [-0.4, -0.2) is 39.7 Å². The number of nitrogens with one attached hydrogen (secondary N) is 1. The Morgan fingerprint density at radius 3 is 2.58 bits per heavy atom. The van der Waals surface area contributed by atoms with E-state index in [1.807, 2.05) is 49.4 Å². The summed E-state index contributed by atoms with van der Waals surface area (Å²) in [5.41, 5.74) is 3.39. The Morgan fingerprint density at radius 2 is 1.88 bits per heavy atom. The summed E-state index contributed by atoms with van der Waals surface area (Å²) in [6, 6.07) is 17.6. The lowest BCUT2D eigenvalue weighted by atomic mass is 9.96. The van der Waals surface area contributed by atoms with Crippen LogP contribution in [0.15, 0.2) is 71.0 Å². The molecule has 4 rings (SSSR count). The molecule has 2 aromatic carbocycles. The Balaban J connectivity index is 1.58. The van der Waals surface area contributed by atoms with Gasteiger partial charge in [0.25, 0.3) is 0 Å². The van der Waals surface area contributed by atoms with Crippen molar-refractivity contribution in [2.24, 2.45) is 0 Å². The predicted molar refractivity (Wildman–Crippen MR) is 130 cm³/mol. The van der Waals surface area contributed by atoms with Crippen molar-refractivity contribution in [3.8, 4) is 5.75 Å². The van der Waals surface area contributed by atoms with Crippen molar-refractivity contribution in [2.45, 2.75) is 38.4 Å². The third-order valence-corrected chi connectivity index (χ3v) is 6.02. The van der Waals surface area contributed by atoms with E-state index >= 15 is 0 Å². The van der Waals surface area contributed by atoms with Crippen LogP contribution in [-0.2, 0) is 16.0 Å². The summed E-state index contributed by atoms with van der Waals surface area (Å²) in [4.78, 5) is 17.5. The highest BCUT2D eigenvalue weighted by Gasteiger charge is 2.35. The van der Waals surface area contributed by atoms with Crippen molar-refractivity contribution in [1.82, 2.24) is 14.8 Å². The largest absolute Gasteiger partial charge is 0.493 e. The molecule has 0 aliphatic carbocycles. The van der Waals surface area contributed by atoms with Gasteiger partial charge in [-0.15, -0.1) is 5.10 Å². The molecule has 2 heterocycles. The van der Waals surface area contributed by atoms with Crippen LogP contribution in [0.25, 0.3) is 0 Å². The van der Waals surface area contributed by atoms with Crippen molar-refractivity contribution < 1.29 is 14.3 Å². The molecule has 1 aliphatic rings. The molecule has 1 N–H and O–H groups in total. The Labute approximate surface area is 198 Å². The summed E-state index contributed by atoms with van der Waals surface area (Å²) in [5, 5.41) is 8.55. The molecule has 8 heteroatoms. The lowest BCUT2D eigenvalue weighted by Crippen LogP contribution is -2.29. The molecular weight excluding hydrogens is 436 g/mol. The van der Waals surface area contributed by atoms with Gasteiger partial charge in [0.1, 0.15) is 11.8 Å². The molecule has 33 heavy (non-hydrogen) atoms. The Morgan fingerprint density at radius 1 is 1.12 bits per heavy atom. The maximum absolute atomic E-state index is 12.9. The maximum atomic E-state index is 12.9. The van der Waals surface area contributed by atoms with Crippen LogP contribution < -0.4 is 10.1 Å². The molecule has 172 valence electrons. The first-order chi connectivity index (χ1) is 16.1. The summed E-state index contributed by atoms with van der Waals surface area (Å²) in [6.45, 7) is 6.62. The maximum Gasteiger partial charge on any atom is 0.338 e. The molecule has 7 nitrogen and oxygen atoms in total. The van der Waals surface area contributed by atoms with Crippen molar-refractivity contribution in [3.05, 3.63) is 77.0 Å². The number of hydrogen-bond donors (Lipinski definition) is 1. The highest BCUT2D eigenvalue weighted by molar-refractivity contribution is 7.99. The number of ether oxygens (including phenoxy) is 2. The van der Waals surface area contributed by atoms with Crippen molar-refractivity contribution in [1.29, 1.82) is 0 Å². The molecule has 0 saturated heterocycles. The number of hydrogen-bond acceptors (Lipinski definition) is 7. The molecule has 3 aromatic rings. The second-order valence-corrected chi connectivity index (χ2v) is 8.77. The van der Waals surface area contributed by atoms with E-state index in [0.717, 1.165) is 29.2 Å². The third kappa shape index (κ3) is 5.22. The molecule has 0 fully saturated rings. The second kappa shape index (κ2) is 10.6. The number of allylic oxidation sites excluding steroid dienone is 1. The number of carbonyl (C=O) groups is 1. The van der Waals surface area contributed by atoms with Crippen LogP contribution in [0.5, 0.6) is 5.75 Å². The van der Waals surface area contributed by atoms with E-state index < -0.39 is 6.04 Å². The fraction of sp³-hybridized carbons (Fsp3) is 0.320. The van der Waals surface area contributed by atoms with Gasteiger partial charge in [0, 0.05) is 12.1 Å². The molecule has 0 radical (unpaired) electrons. The third-order valence-electron chi connectivity index (χ3n) is 5.30. The molecule has 1 unspecified atom stereocenters. The number of benzene rings is 2. The van der Waals surface area contributed by atoms with E-state index in [2.05, 4.69) is 34.5 Å². The number of anilines is 1. The number of rotatable bonds is 9. The van der Waals surface area contributed by atoms with Crippen molar-refractivity contribution >= 4 is 23.7 Å². The monoisotopic (exact) mass is 464 g/mol. The van der Waals surface area contributed by atoms with Gasteiger partial charge in [-0.25, -0.2) is 9.48 Å². The van der Waals surface area contributed by atoms with E-state index in [4.69, 9.17) is 9.47 Å². The number of aromatic nitrogens is 3. The Bertz CT molecular complexity index is 1130. The van der Waals surface area contributed by atoms with Gasteiger partial charge in [0.2, 0.25) is 11.1 Å². The standard InChI is InChI=1S/C25H28N4O3S/c1-4-31-23(30)21-17(3)26-24-27-25(33-5-2)28-29(24)22(21)19-11-13-20(14-12-19)32-16-15-18-9-7-6-8-10-18/h6-14,22H,4-5,15-16H2,1-3H3,(H,26,27,28). The van der Waals surface area contributed by atoms with Gasteiger partial charge < -0.3 is 14.8 Å². The van der Waals surface area contributed by atoms with Gasteiger partial charge in [-0.05, 0) is 42.9 Å². The van der Waals surface area contributed by atoms with E-state index in [-0.39, 0.29) is 5.97 Å². The lowest BCUT2D eigenvalue weighted by molar-refractivity contribution is -0.139. The SMILES string of the molecule is CCOC(=O)C1=C(C)Nc2nc(SCC)nn2C1c1ccc(OCCc2ccccc2)cc1. The Hall–Kier alpha value is -3.26. The summed E-state index contributed by atoms with van der Waals surface area (Å²) in [6.07, 6.45) is 0.839. The van der Waals surface area contributed by atoms with Gasteiger partial charge >= 0.3 is 5.97 Å². The van der Waals surface area contributed by atoms with Crippen LogP contribution >= 0.6 is 11.8 Å². The van der Waals surface area contributed by atoms with E-state index in [1.54, 1.807) is 23.4 Å². The zero-order chi connectivity index (χ0) is 23.2. The van der Waals surface area contributed by atoms with Gasteiger partial charge in [0.15, 0.2) is 0 Å². The van der Waals surface area contributed by atoms with Gasteiger partial charge in [0.05, 0.1) is 18.8 Å². The molecule has 0 bridgehead atoms. The predicted octanol–water partition coefficient (Wildman–Crippen LogP) is 4.86. The minimum absolute atomic E-state index is 0.303. The summed E-state index contributed by atoms with van der Waals surface area (Å²) >= 11 is 1.56. The van der Waals surface area contributed by atoms with E-state index in [9.17, 15) is 4.79 Å². The molecule has 1 atom stereocenters. The van der Waals surface area contributed by atoms with Crippen LogP contribution in [0.4, 0.5) is 5.95 Å². The average molecular weight is 465 g/mol. The number of thioether (sulfide) groups is 1. The van der Waals surface area contributed by atoms with Gasteiger partial charge in [-0.2, -0.15) is 4.98 Å². The zero-order valence-electron chi connectivity index (χ0n) is 19.1. The van der Waals surface area contributed by atoms with E-state index in [0.29, 0.717) is 29.9 Å². The van der Waals surface area contributed by atoms with Gasteiger partial charge in [-0.1, -0.05) is 61.2 Å². The number of esters is 1. The summed E-state index contributed by atoms with van der Waals surface area (Å²) in [7, 11) is 0. The van der Waals surface area contributed by atoms with E-state index in [1.165, 1.54) is 5.56 Å². The second-order valence-electron chi connectivity index (χ2n) is 7.54. The number of nitrogens with zero attached hydrogens (tertiary/aromatic N) is 3. The lowest BCUT2D eigenvalue weighted by Gasteiger charge is -2.28. The molecule has 0 amide bonds. The first kappa shape index (κ1) is 22.9. The van der Waals surface area contributed by atoms with Crippen LogP contribution in [0.3, 0.4) is 0 Å². The zero-order valence-corrected chi connectivity index (χ0v) is 19.9. The summed E-state index contributed by atoms with van der Waals surface area (Å²) < 4.78 is 13.1. The number of carbonyl (C=O) groups excluding carboxylic acids is 1. The van der Waals surface area contributed by atoms with Crippen molar-refractivity contribution in [3.63, 3.8) is 0 Å². The molecule has 1 aliphatic heterocycles. The molecule has 1 aromatic heterocycles. The topological polar surface area (TPSA) is 78.3 Å². The van der Waals surface area contributed by atoms with Crippen LogP contribution in [0, 0.1) is 0 Å². The smallest absolute Gasteiger partial charge is 0.338 e. The molecule has 0 spiro atoms. The fourth-order valence-corrected chi connectivity index (χ4v) is 4.34. The first-order valence-corrected chi connectivity index (χ1v) is 12.1. The van der Waals surface area contributed by atoms with Crippen molar-refractivity contribution in [2.75, 3.05) is 24.3 Å². The van der Waals surface area contributed by atoms with Crippen LogP contribution in [0.2, 0.25) is 0 Å². The highest BCUT2D eigenvalue weighted by Crippen LogP contribution is 2.37. The highest BCUT2D eigenvalue weighted by atomic mass is 32.2. The minimum atomic E-state index is -0.433. The van der Waals surface area contributed by atoms with Gasteiger partial charge in [-0.3, -0.25) is 0 Å². The quantitative estimate of drug-likeness (QED) is 0.358. The first-order valence-electron chi connectivity index (χ1n) is 11.1. The normalized spacial score (nSPS) is 15.1. The molecule has 0 saturated carbocycles. The summed E-state index contributed by atoms with van der Waals surface area (Å²) in [5.74, 6) is 1.90.